The number of hydrogen-bond acceptors (Lipinski definition) is 3. The Morgan fingerprint density at radius 2 is 1.76 bits per heavy atom. The van der Waals surface area contributed by atoms with Gasteiger partial charge in [-0.05, 0) is 53.4 Å². The third kappa shape index (κ3) is 2.80. The summed E-state index contributed by atoms with van der Waals surface area (Å²) in [6, 6.07) is 21.9. The van der Waals surface area contributed by atoms with Crippen molar-refractivity contribution in [1.82, 2.24) is 5.01 Å². The van der Waals surface area contributed by atoms with Crippen molar-refractivity contribution in [3.05, 3.63) is 76.3 Å². The third-order valence-electron chi connectivity index (χ3n) is 6.68. The Morgan fingerprint density at radius 3 is 2.62 bits per heavy atom. The topological polar surface area (TPSA) is 24.8 Å². The molecule has 3 nitrogen and oxygen atoms in total. The van der Waals surface area contributed by atoms with Gasteiger partial charge in [0, 0.05) is 29.3 Å². The van der Waals surface area contributed by atoms with Gasteiger partial charge in [-0.2, -0.15) is 5.10 Å². The second-order valence-corrected chi connectivity index (χ2v) is 9.38. The van der Waals surface area contributed by atoms with E-state index in [1.165, 1.54) is 46.9 Å². The van der Waals surface area contributed by atoms with E-state index in [0.717, 1.165) is 29.5 Å². The largest absolute Gasteiger partial charge is 0.466 e. The highest BCUT2D eigenvalue weighted by Crippen LogP contribution is 2.51. The summed E-state index contributed by atoms with van der Waals surface area (Å²) >= 11 is 3.65. The van der Waals surface area contributed by atoms with Gasteiger partial charge in [-0.15, -0.1) is 0 Å². The summed E-state index contributed by atoms with van der Waals surface area (Å²) in [6.07, 6.45) is 6.72. The molecule has 3 aliphatic rings. The van der Waals surface area contributed by atoms with E-state index in [1.807, 2.05) is 0 Å². The summed E-state index contributed by atoms with van der Waals surface area (Å²) in [6.45, 7) is 0. The second kappa shape index (κ2) is 6.60. The lowest BCUT2D eigenvalue weighted by atomic mass is 9.86. The lowest BCUT2D eigenvalue weighted by Gasteiger charge is -2.49. The number of halogens is 1. The third-order valence-corrected chi connectivity index (χ3v) is 7.17. The number of rotatable bonds is 1. The zero-order chi connectivity index (χ0) is 19.4. The molecular formula is C25H23BrN2O. The minimum absolute atomic E-state index is 0.246. The average molecular weight is 447 g/mol. The van der Waals surface area contributed by atoms with E-state index in [2.05, 4.69) is 81.6 Å². The predicted molar refractivity (Wildman–Crippen MR) is 120 cm³/mol. The van der Waals surface area contributed by atoms with Crippen LogP contribution in [0.15, 0.2) is 70.2 Å². The fraction of sp³-hybridized carbons (Fsp3) is 0.320. The fourth-order valence-electron chi connectivity index (χ4n) is 5.23. The number of hydrazone groups is 1. The molecular weight excluding hydrogens is 424 g/mol. The van der Waals surface area contributed by atoms with Gasteiger partial charge in [0.2, 0.25) is 0 Å². The summed E-state index contributed by atoms with van der Waals surface area (Å²) in [5.74, 6) is 1.03. The molecule has 4 heteroatoms. The molecule has 1 atom stereocenters. The van der Waals surface area contributed by atoms with Gasteiger partial charge >= 0.3 is 0 Å². The minimum atomic E-state index is -0.289. The summed E-state index contributed by atoms with van der Waals surface area (Å²) in [5, 5.41) is 10.1. The molecule has 1 saturated carbocycles. The van der Waals surface area contributed by atoms with E-state index in [-0.39, 0.29) is 11.8 Å². The molecule has 6 rings (SSSR count). The van der Waals surface area contributed by atoms with E-state index >= 15 is 0 Å². The van der Waals surface area contributed by atoms with Crippen molar-refractivity contribution in [2.45, 2.75) is 50.3 Å². The molecule has 1 aliphatic carbocycles. The quantitative estimate of drug-likeness (QED) is 0.410. The van der Waals surface area contributed by atoms with Crippen LogP contribution in [0.4, 0.5) is 0 Å². The molecule has 0 amide bonds. The first-order valence-electron chi connectivity index (χ1n) is 10.6. The molecule has 29 heavy (non-hydrogen) atoms. The van der Waals surface area contributed by atoms with Crippen LogP contribution in [0.3, 0.4) is 0 Å². The molecule has 0 saturated heterocycles. The Balaban J connectivity index is 1.46. The Hall–Kier alpha value is -2.33. The number of fused-ring (bicyclic) bond motifs is 5. The normalized spacial score (nSPS) is 22.2. The SMILES string of the molecule is Brc1ccc2c(c1)[C@H]1CC(c3ccc4ccccc4c3)=NN1C1(CCCCC1)O2. The van der Waals surface area contributed by atoms with Crippen molar-refractivity contribution in [3.8, 4) is 5.75 Å². The van der Waals surface area contributed by atoms with E-state index in [1.54, 1.807) is 0 Å². The van der Waals surface area contributed by atoms with Crippen LogP contribution in [-0.2, 0) is 0 Å². The second-order valence-electron chi connectivity index (χ2n) is 8.46. The van der Waals surface area contributed by atoms with Gasteiger partial charge in [-0.3, -0.25) is 0 Å². The molecule has 1 spiro atoms. The number of ether oxygens (including phenoxy) is 1. The van der Waals surface area contributed by atoms with Crippen LogP contribution in [-0.4, -0.2) is 16.4 Å². The van der Waals surface area contributed by atoms with Crippen molar-refractivity contribution in [1.29, 1.82) is 0 Å². The molecule has 0 bridgehead atoms. The Kier molecular flexibility index (Phi) is 3.98. The first-order chi connectivity index (χ1) is 14.2. The maximum absolute atomic E-state index is 6.68. The Morgan fingerprint density at radius 1 is 0.931 bits per heavy atom. The van der Waals surface area contributed by atoms with Gasteiger partial charge in [-0.25, -0.2) is 5.01 Å². The molecule has 0 radical (unpaired) electrons. The zero-order valence-electron chi connectivity index (χ0n) is 16.3. The molecule has 0 unspecified atom stereocenters. The monoisotopic (exact) mass is 446 g/mol. The van der Waals surface area contributed by atoms with Crippen molar-refractivity contribution < 1.29 is 4.74 Å². The Bertz CT molecular complexity index is 1130. The molecule has 1 fully saturated rings. The van der Waals surface area contributed by atoms with Gasteiger partial charge in [0.15, 0.2) is 5.72 Å². The van der Waals surface area contributed by atoms with Gasteiger partial charge in [-0.1, -0.05) is 58.7 Å². The van der Waals surface area contributed by atoms with Crippen molar-refractivity contribution in [2.24, 2.45) is 5.10 Å². The smallest absolute Gasteiger partial charge is 0.198 e. The van der Waals surface area contributed by atoms with Gasteiger partial charge in [0.05, 0.1) is 11.8 Å². The van der Waals surface area contributed by atoms with Gasteiger partial charge in [0.1, 0.15) is 5.75 Å². The maximum atomic E-state index is 6.68. The van der Waals surface area contributed by atoms with Crippen LogP contribution >= 0.6 is 15.9 Å². The summed E-state index contributed by atoms with van der Waals surface area (Å²) in [7, 11) is 0. The summed E-state index contributed by atoms with van der Waals surface area (Å²) < 4.78 is 7.78. The van der Waals surface area contributed by atoms with Crippen LogP contribution in [0.2, 0.25) is 0 Å². The van der Waals surface area contributed by atoms with Crippen LogP contribution in [0.1, 0.15) is 55.7 Å². The lowest BCUT2D eigenvalue weighted by Crippen LogP contribution is -2.54. The standard InChI is InChI=1S/C25H23BrN2O/c26-20-10-11-24-21(15-20)23-16-22(19-9-8-17-6-2-3-7-18(17)14-19)27-28(23)25(29-24)12-4-1-5-13-25/h2-3,6-11,14-15,23H,1,4-5,12-13,16H2/t23-/m1/s1. The average Bonchev–Trinajstić information content (AvgIpc) is 3.22. The predicted octanol–water partition coefficient (Wildman–Crippen LogP) is 6.81. The van der Waals surface area contributed by atoms with Crippen molar-refractivity contribution >= 4 is 32.4 Å². The lowest BCUT2D eigenvalue weighted by molar-refractivity contribution is -0.140. The van der Waals surface area contributed by atoms with Crippen LogP contribution in [0, 0.1) is 0 Å². The first kappa shape index (κ1) is 17.5. The zero-order valence-corrected chi connectivity index (χ0v) is 17.9. The summed E-state index contributed by atoms with van der Waals surface area (Å²) in [4.78, 5) is 0. The molecule has 3 aromatic carbocycles. The molecule has 0 aromatic heterocycles. The van der Waals surface area contributed by atoms with Crippen molar-refractivity contribution in [2.75, 3.05) is 0 Å². The van der Waals surface area contributed by atoms with Crippen molar-refractivity contribution in [3.63, 3.8) is 0 Å². The number of hydrogen-bond donors (Lipinski definition) is 0. The number of benzene rings is 3. The van der Waals surface area contributed by atoms with E-state index in [0.29, 0.717) is 0 Å². The molecule has 146 valence electrons. The van der Waals surface area contributed by atoms with E-state index in [4.69, 9.17) is 9.84 Å². The van der Waals surface area contributed by atoms with Gasteiger partial charge in [0.25, 0.3) is 0 Å². The number of nitrogens with zero attached hydrogens (tertiary/aromatic N) is 2. The highest BCUT2D eigenvalue weighted by molar-refractivity contribution is 9.10. The Labute approximate surface area is 179 Å². The molecule has 2 heterocycles. The van der Waals surface area contributed by atoms with E-state index < -0.39 is 0 Å². The first-order valence-corrected chi connectivity index (χ1v) is 11.4. The highest BCUT2D eigenvalue weighted by Gasteiger charge is 2.50. The van der Waals surface area contributed by atoms with Crippen LogP contribution < -0.4 is 4.74 Å². The van der Waals surface area contributed by atoms with Crippen LogP contribution in [0.25, 0.3) is 10.8 Å². The van der Waals surface area contributed by atoms with E-state index in [9.17, 15) is 0 Å². The fourth-order valence-corrected chi connectivity index (χ4v) is 5.61. The summed E-state index contributed by atoms with van der Waals surface area (Å²) in [5.41, 5.74) is 3.35. The molecule has 3 aromatic rings. The molecule has 2 aliphatic heterocycles. The minimum Gasteiger partial charge on any atom is -0.466 e. The molecule has 0 N–H and O–H groups in total. The van der Waals surface area contributed by atoms with Gasteiger partial charge < -0.3 is 4.74 Å². The highest BCUT2D eigenvalue weighted by atomic mass is 79.9. The maximum Gasteiger partial charge on any atom is 0.198 e. The van der Waals surface area contributed by atoms with Crippen LogP contribution in [0.5, 0.6) is 5.75 Å².